The summed E-state index contributed by atoms with van der Waals surface area (Å²) >= 11 is 6.02. The molecule has 3 rings (SSSR count). The predicted octanol–water partition coefficient (Wildman–Crippen LogP) is 4.86. The monoisotopic (exact) mass is 410 g/mol. The van der Waals surface area contributed by atoms with Gasteiger partial charge in [-0.2, -0.15) is 0 Å². The van der Waals surface area contributed by atoms with E-state index < -0.39 is 10.9 Å². The maximum Gasteiger partial charge on any atom is 0.340 e. The van der Waals surface area contributed by atoms with Crippen LogP contribution >= 0.6 is 11.6 Å². The molecule has 1 N–H and O–H groups in total. The van der Waals surface area contributed by atoms with Gasteiger partial charge in [-0.3, -0.25) is 14.9 Å². The highest BCUT2D eigenvalue weighted by molar-refractivity contribution is 6.31. The summed E-state index contributed by atoms with van der Waals surface area (Å²) in [4.78, 5) is 35.1. The second-order valence-electron chi connectivity index (χ2n) is 5.97. The minimum atomic E-state index is -0.664. The number of nitro benzene ring substituents is 1. The van der Waals surface area contributed by atoms with Gasteiger partial charge >= 0.3 is 5.97 Å². The number of nitrogens with zero attached hydrogens (tertiary/aromatic N) is 1. The minimum Gasteiger partial charge on any atom is -0.457 e. The number of hydrogen-bond donors (Lipinski definition) is 1. The van der Waals surface area contributed by atoms with Crippen LogP contribution in [-0.2, 0) is 11.3 Å². The molecule has 0 atom stereocenters. The molecule has 29 heavy (non-hydrogen) atoms. The summed E-state index contributed by atoms with van der Waals surface area (Å²) in [5.41, 5.74) is 1.21. The first kappa shape index (κ1) is 20.0. The number of nitro groups is 1. The van der Waals surface area contributed by atoms with Crippen LogP contribution in [0.4, 0.5) is 11.4 Å². The van der Waals surface area contributed by atoms with Crippen molar-refractivity contribution in [3.63, 3.8) is 0 Å². The fourth-order valence-corrected chi connectivity index (χ4v) is 2.77. The van der Waals surface area contributed by atoms with E-state index in [-0.39, 0.29) is 28.8 Å². The summed E-state index contributed by atoms with van der Waals surface area (Å²) in [6, 6.07) is 18.9. The number of para-hydroxylation sites is 1. The first-order valence-electron chi connectivity index (χ1n) is 8.51. The van der Waals surface area contributed by atoms with Gasteiger partial charge in [0.2, 0.25) is 0 Å². The topological polar surface area (TPSA) is 98.5 Å². The molecule has 0 aliphatic heterocycles. The quantitative estimate of drug-likeness (QED) is 0.355. The molecule has 0 aromatic heterocycles. The largest absolute Gasteiger partial charge is 0.457 e. The Kier molecular flexibility index (Phi) is 6.21. The molecule has 0 heterocycles. The van der Waals surface area contributed by atoms with Crippen molar-refractivity contribution in [1.82, 2.24) is 0 Å². The second-order valence-corrected chi connectivity index (χ2v) is 6.38. The molecule has 0 aliphatic carbocycles. The van der Waals surface area contributed by atoms with Gasteiger partial charge in [-0.05, 0) is 30.3 Å². The number of anilines is 1. The minimum absolute atomic E-state index is 0.123. The predicted molar refractivity (Wildman–Crippen MR) is 108 cm³/mol. The summed E-state index contributed by atoms with van der Waals surface area (Å²) < 4.78 is 5.28. The number of non-ortho nitro benzene ring substituents is 1. The van der Waals surface area contributed by atoms with Crippen LogP contribution < -0.4 is 5.32 Å². The number of rotatable bonds is 6. The van der Waals surface area contributed by atoms with Crippen LogP contribution in [0.25, 0.3) is 0 Å². The molecular weight excluding hydrogens is 396 g/mol. The van der Waals surface area contributed by atoms with Crippen LogP contribution in [0.5, 0.6) is 0 Å². The first-order valence-corrected chi connectivity index (χ1v) is 8.89. The van der Waals surface area contributed by atoms with E-state index in [1.54, 1.807) is 48.5 Å². The molecule has 3 aromatic rings. The number of carbonyl (C=O) groups excluding carboxylic acids is 2. The van der Waals surface area contributed by atoms with Crippen LogP contribution in [0.1, 0.15) is 26.3 Å². The SMILES string of the molecule is O=C(Nc1ccccc1C(=O)OCc1ccc([N+](=O)[O-])cc1Cl)c1ccccc1. The highest BCUT2D eigenvalue weighted by Gasteiger charge is 2.16. The number of amides is 1. The average molecular weight is 411 g/mol. The molecule has 1 amide bonds. The van der Waals surface area contributed by atoms with Gasteiger partial charge in [-0.1, -0.05) is 41.9 Å². The highest BCUT2D eigenvalue weighted by Crippen LogP contribution is 2.24. The summed E-state index contributed by atoms with van der Waals surface area (Å²) in [6.07, 6.45) is 0. The lowest BCUT2D eigenvalue weighted by Gasteiger charge is -2.11. The highest BCUT2D eigenvalue weighted by atomic mass is 35.5. The summed E-state index contributed by atoms with van der Waals surface area (Å²) in [6.45, 7) is -0.170. The molecule has 7 nitrogen and oxygen atoms in total. The summed E-state index contributed by atoms with van der Waals surface area (Å²) in [5, 5.41) is 13.6. The molecular formula is C21H15ClN2O5. The van der Waals surface area contributed by atoms with E-state index in [1.807, 2.05) is 0 Å². The zero-order valence-corrected chi connectivity index (χ0v) is 15.8. The maximum atomic E-state index is 12.5. The van der Waals surface area contributed by atoms with Crippen molar-refractivity contribution >= 4 is 34.9 Å². The molecule has 0 unspecified atom stereocenters. The van der Waals surface area contributed by atoms with Crippen LogP contribution in [0.15, 0.2) is 72.8 Å². The number of esters is 1. The third-order valence-corrected chi connectivity index (χ3v) is 4.39. The Hall–Kier alpha value is -3.71. The molecule has 0 fully saturated rings. The van der Waals surface area contributed by atoms with Crippen molar-refractivity contribution in [2.24, 2.45) is 0 Å². The van der Waals surface area contributed by atoms with Gasteiger partial charge in [-0.25, -0.2) is 4.79 Å². The molecule has 8 heteroatoms. The summed E-state index contributed by atoms with van der Waals surface area (Å²) in [5.74, 6) is -1.02. The number of halogens is 1. The van der Waals surface area contributed by atoms with Crippen LogP contribution in [0.2, 0.25) is 5.02 Å². The van der Waals surface area contributed by atoms with Gasteiger partial charge < -0.3 is 10.1 Å². The standard InChI is InChI=1S/C21H15ClN2O5/c22-18-12-16(24(27)28)11-10-15(18)13-29-21(26)17-8-4-5-9-19(17)23-20(25)14-6-2-1-3-7-14/h1-12H,13H2,(H,23,25). The number of hydrogen-bond acceptors (Lipinski definition) is 5. The number of nitrogens with one attached hydrogen (secondary N) is 1. The van der Waals surface area contributed by atoms with Gasteiger partial charge in [0.1, 0.15) is 6.61 Å². The number of benzene rings is 3. The molecule has 0 aliphatic rings. The molecule has 0 saturated heterocycles. The third kappa shape index (κ3) is 4.97. The Balaban J connectivity index is 1.72. The Morgan fingerprint density at radius 3 is 2.38 bits per heavy atom. The third-order valence-electron chi connectivity index (χ3n) is 4.04. The van der Waals surface area contributed by atoms with Crippen molar-refractivity contribution in [3.05, 3.63) is 105 Å². The number of ether oxygens (including phenoxy) is 1. The van der Waals surface area contributed by atoms with Crippen molar-refractivity contribution in [3.8, 4) is 0 Å². The van der Waals surface area contributed by atoms with Gasteiger partial charge in [0.05, 0.1) is 21.2 Å². The fourth-order valence-electron chi connectivity index (χ4n) is 2.54. The maximum absolute atomic E-state index is 12.5. The van der Waals surface area contributed by atoms with Crippen LogP contribution in [-0.4, -0.2) is 16.8 Å². The molecule has 146 valence electrons. The van der Waals surface area contributed by atoms with Gasteiger partial charge in [0.15, 0.2) is 0 Å². The van der Waals surface area contributed by atoms with E-state index in [4.69, 9.17) is 16.3 Å². The van der Waals surface area contributed by atoms with Gasteiger partial charge in [0, 0.05) is 23.3 Å². The van der Waals surface area contributed by atoms with E-state index in [0.29, 0.717) is 16.8 Å². The Labute approximate surface area is 171 Å². The first-order chi connectivity index (χ1) is 14.0. The lowest BCUT2D eigenvalue weighted by Crippen LogP contribution is -2.15. The lowest BCUT2D eigenvalue weighted by molar-refractivity contribution is -0.384. The second kappa shape index (κ2) is 8.99. The van der Waals surface area contributed by atoms with Gasteiger partial charge in [-0.15, -0.1) is 0 Å². The van der Waals surface area contributed by atoms with E-state index in [2.05, 4.69) is 5.32 Å². The fraction of sp³-hybridized carbons (Fsp3) is 0.0476. The molecule has 0 bridgehead atoms. The molecule has 0 spiro atoms. The lowest BCUT2D eigenvalue weighted by atomic mass is 10.1. The normalized spacial score (nSPS) is 10.2. The molecule has 0 saturated carbocycles. The van der Waals surface area contributed by atoms with E-state index in [0.717, 1.165) is 0 Å². The Morgan fingerprint density at radius 2 is 1.69 bits per heavy atom. The van der Waals surface area contributed by atoms with Crippen LogP contribution in [0.3, 0.4) is 0 Å². The molecule has 3 aromatic carbocycles. The van der Waals surface area contributed by atoms with Gasteiger partial charge in [0.25, 0.3) is 11.6 Å². The zero-order valence-electron chi connectivity index (χ0n) is 15.0. The smallest absolute Gasteiger partial charge is 0.340 e. The number of carbonyl (C=O) groups is 2. The van der Waals surface area contributed by atoms with E-state index >= 15 is 0 Å². The molecule has 0 radical (unpaired) electrons. The van der Waals surface area contributed by atoms with Crippen molar-refractivity contribution in [1.29, 1.82) is 0 Å². The zero-order chi connectivity index (χ0) is 20.8. The van der Waals surface area contributed by atoms with Crippen molar-refractivity contribution in [2.75, 3.05) is 5.32 Å². The Bertz CT molecular complexity index is 1070. The van der Waals surface area contributed by atoms with Crippen LogP contribution in [0, 0.1) is 10.1 Å². The van der Waals surface area contributed by atoms with Crippen molar-refractivity contribution < 1.29 is 19.2 Å². The van der Waals surface area contributed by atoms with E-state index in [1.165, 1.54) is 24.3 Å². The van der Waals surface area contributed by atoms with E-state index in [9.17, 15) is 19.7 Å². The van der Waals surface area contributed by atoms with Crippen molar-refractivity contribution in [2.45, 2.75) is 6.61 Å². The summed E-state index contributed by atoms with van der Waals surface area (Å²) in [7, 11) is 0. The average Bonchev–Trinajstić information content (AvgIpc) is 2.73. The Morgan fingerprint density at radius 1 is 1.00 bits per heavy atom.